The van der Waals surface area contributed by atoms with Crippen LogP contribution in [0.4, 0.5) is 11.4 Å². The molecule has 2 aromatic rings. The Morgan fingerprint density at radius 2 is 1.09 bits per heavy atom. The van der Waals surface area contributed by atoms with Crippen molar-refractivity contribution in [3.8, 4) is 0 Å². The lowest BCUT2D eigenvalue weighted by molar-refractivity contribution is 0.176. The van der Waals surface area contributed by atoms with Gasteiger partial charge >= 0.3 is 0 Å². The average molecular weight is 643 g/mol. The van der Waals surface area contributed by atoms with E-state index in [0.29, 0.717) is 6.04 Å². The van der Waals surface area contributed by atoms with Gasteiger partial charge in [0.2, 0.25) is 0 Å². The molecular formula is C43H70N4. The smallest absolute Gasteiger partial charge is 0.0401 e. The van der Waals surface area contributed by atoms with Gasteiger partial charge in [0, 0.05) is 37.1 Å². The Labute approximate surface area is 290 Å². The van der Waals surface area contributed by atoms with Crippen LogP contribution in [0.2, 0.25) is 0 Å². The Kier molecular flexibility index (Phi) is 15.3. The van der Waals surface area contributed by atoms with Gasteiger partial charge < -0.3 is 19.6 Å². The van der Waals surface area contributed by atoms with E-state index >= 15 is 0 Å². The van der Waals surface area contributed by atoms with Crippen LogP contribution < -0.4 is 9.80 Å². The summed E-state index contributed by atoms with van der Waals surface area (Å²) < 4.78 is 0. The summed E-state index contributed by atoms with van der Waals surface area (Å²) in [5, 5.41) is 0. The number of anilines is 2. The SMILES string of the molecule is CCCCC1CCN(CCCN2CCCc3ccccc32)CC1.CCCCC1CCN(CCCN2c3ccccc3CCC2C)CC1. The molecule has 0 aliphatic carbocycles. The van der Waals surface area contributed by atoms with Crippen molar-refractivity contribution in [3.05, 3.63) is 59.7 Å². The monoisotopic (exact) mass is 643 g/mol. The fourth-order valence-electron chi connectivity index (χ4n) is 8.88. The molecule has 4 aliphatic rings. The van der Waals surface area contributed by atoms with Crippen molar-refractivity contribution in [3.63, 3.8) is 0 Å². The fourth-order valence-corrected chi connectivity index (χ4v) is 8.88. The predicted octanol–water partition coefficient (Wildman–Crippen LogP) is 9.85. The number of benzene rings is 2. The first-order valence-electron chi connectivity index (χ1n) is 20.3. The zero-order valence-corrected chi connectivity index (χ0v) is 30.8. The summed E-state index contributed by atoms with van der Waals surface area (Å²) in [6.07, 6.45) is 22.0. The molecule has 0 spiro atoms. The molecule has 0 aromatic heterocycles. The van der Waals surface area contributed by atoms with E-state index < -0.39 is 0 Å². The van der Waals surface area contributed by atoms with E-state index in [2.05, 4.69) is 88.9 Å². The van der Waals surface area contributed by atoms with Gasteiger partial charge in [-0.2, -0.15) is 0 Å². The average Bonchev–Trinajstić information content (AvgIpc) is 3.12. The number of para-hydroxylation sites is 2. The Morgan fingerprint density at radius 1 is 0.553 bits per heavy atom. The fraction of sp³-hybridized carbons (Fsp3) is 0.721. The van der Waals surface area contributed by atoms with Crippen LogP contribution in [0.25, 0.3) is 0 Å². The third-order valence-corrected chi connectivity index (χ3v) is 12.0. The first-order valence-corrected chi connectivity index (χ1v) is 20.3. The number of nitrogens with zero attached hydrogens (tertiary/aromatic N) is 4. The molecule has 2 fully saturated rings. The number of aryl methyl sites for hydroxylation is 2. The highest BCUT2D eigenvalue weighted by Gasteiger charge is 2.24. The van der Waals surface area contributed by atoms with Gasteiger partial charge in [0.05, 0.1) is 0 Å². The second kappa shape index (κ2) is 19.8. The van der Waals surface area contributed by atoms with Gasteiger partial charge in [-0.3, -0.25) is 0 Å². The molecule has 0 saturated carbocycles. The van der Waals surface area contributed by atoms with Crippen molar-refractivity contribution in [2.45, 2.75) is 130 Å². The highest BCUT2D eigenvalue weighted by molar-refractivity contribution is 5.56. The highest BCUT2D eigenvalue weighted by atomic mass is 15.2. The standard InChI is InChI=1S/C22H36N2.C21H34N2/c1-3-4-8-20-13-17-23(18-14-20)15-7-16-24-19(2)11-12-21-9-5-6-10-22(21)24;1-2-3-8-19-12-17-22(18-13-19)14-7-16-23-15-6-10-20-9-4-5-11-21(20)23/h5-6,9-10,19-20H,3-4,7-8,11-18H2,1-2H3;4-5,9,11,19H,2-3,6-8,10,12-18H2,1H3. The second-order valence-corrected chi connectivity index (χ2v) is 15.5. The molecule has 2 saturated heterocycles. The molecule has 4 heteroatoms. The number of fused-ring (bicyclic) bond motifs is 2. The summed E-state index contributed by atoms with van der Waals surface area (Å²) in [5.74, 6) is 2.02. The lowest BCUT2D eigenvalue weighted by Crippen LogP contribution is -2.40. The normalized spacial score (nSPS) is 21.2. The minimum atomic E-state index is 0.694. The van der Waals surface area contributed by atoms with Crippen LogP contribution in [-0.4, -0.2) is 74.7 Å². The van der Waals surface area contributed by atoms with Crippen LogP contribution in [0.3, 0.4) is 0 Å². The maximum atomic E-state index is 2.71. The largest absolute Gasteiger partial charge is 0.371 e. The Balaban J connectivity index is 0.000000185. The van der Waals surface area contributed by atoms with Crippen molar-refractivity contribution in [1.82, 2.24) is 9.80 Å². The third-order valence-electron chi connectivity index (χ3n) is 12.0. The summed E-state index contributed by atoms with van der Waals surface area (Å²) in [7, 11) is 0. The topological polar surface area (TPSA) is 13.0 Å². The van der Waals surface area contributed by atoms with Crippen molar-refractivity contribution in [2.24, 2.45) is 11.8 Å². The number of hydrogen-bond acceptors (Lipinski definition) is 4. The van der Waals surface area contributed by atoms with Gasteiger partial charge in [-0.1, -0.05) is 88.8 Å². The summed E-state index contributed by atoms with van der Waals surface area (Å²) in [6.45, 7) is 18.6. The summed E-state index contributed by atoms with van der Waals surface area (Å²) in [6, 6.07) is 18.7. The zero-order chi connectivity index (χ0) is 32.7. The zero-order valence-electron chi connectivity index (χ0n) is 30.8. The summed E-state index contributed by atoms with van der Waals surface area (Å²) in [4.78, 5) is 10.7. The minimum absolute atomic E-state index is 0.694. The summed E-state index contributed by atoms with van der Waals surface area (Å²) >= 11 is 0. The van der Waals surface area contributed by atoms with E-state index in [0.717, 1.165) is 11.8 Å². The van der Waals surface area contributed by atoms with Gasteiger partial charge in [0.1, 0.15) is 0 Å². The lowest BCUT2D eigenvalue weighted by Gasteiger charge is -2.38. The van der Waals surface area contributed by atoms with Crippen molar-refractivity contribution in [2.75, 3.05) is 68.7 Å². The van der Waals surface area contributed by atoms with Gasteiger partial charge in [0.15, 0.2) is 0 Å². The van der Waals surface area contributed by atoms with Crippen molar-refractivity contribution < 1.29 is 0 Å². The quantitative estimate of drug-likeness (QED) is 0.203. The molecule has 6 rings (SSSR count). The third kappa shape index (κ3) is 11.2. The Hall–Kier alpha value is -2.04. The van der Waals surface area contributed by atoms with Crippen LogP contribution in [-0.2, 0) is 12.8 Å². The number of unbranched alkanes of at least 4 members (excludes halogenated alkanes) is 2. The molecule has 262 valence electrons. The molecule has 0 amide bonds. The van der Waals surface area contributed by atoms with Crippen molar-refractivity contribution in [1.29, 1.82) is 0 Å². The molecule has 47 heavy (non-hydrogen) atoms. The van der Waals surface area contributed by atoms with E-state index in [1.165, 1.54) is 173 Å². The van der Waals surface area contributed by atoms with Gasteiger partial charge in [-0.15, -0.1) is 0 Å². The molecule has 4 aliphatic heterocycles. The molecule has 0 N–H and O–H groups in total. The lowest BCUT2D eigenvalue weighted by atomic mass is 9.91. The van der Waals surface area contributed by atoms with Crippen LogP contribution in [0.15, 0.2) is 48.5 Å². The molecule has 4 heterocycles. The molecule has 4 nitrogen and oxygen atoms in total. The van der Waals surface area contributed by atoms with Crippen LogP contribution in [0.1, 0.15) is 122 Å². The van der Waals surface area contributed by atoms with E-state index in [-0.39, 0.29) is 0 Å². The van der Waals surface area contributed by atoms with Crippen molar-refractivity contribution >= 4 is 11.4 Å². The highest BCUT2D eigenvalue weighted by Crippen LogP contribution is 2.31. The van der Waals surface area contributed by atoms with Crippen LogP contribution in [0, 0.1) is 11.8 Å². The van der Waals surface area contributed by atoms with Gasteiger partial charge in [-0.05, 0) is 145 Å². The maximum Gasteiger partial charge on any atom is 0.0401 e. The minimum Gasteiger partial charge on any atom is -0.371 e. The van der Waals surface area contributed by atoms with Gasteiger partial charge in [0.25, 0.3) is 0 Å². The molecular weight excluding hydrogens is 573 g/mol. The number of likely N-dealkylation sites (tertiary alicyclic amines) is 2. The molecule has 1 atom stereocenters. The molecule has 0 radical (unpaired) electrons. The van der Waals surface area contributed by atoms with Crippen LogP contribution in [0.5, 0.6) is 0 Å². The predicted molar refractivity (Wildman–Crippen MR) is 205 cm³/mol. The van der Waals surface area contributed by atoms with E-state index in [1.54, 1.807) is 11.1 Å². The van der Waals surface area contributed by atoms with Gasteiger partial charge in [-0.25, -0.2) is 0 Å². The molecule has 2 aromatic carbocycles. The maximum absolute atomic E-state index is 2.71. The second-order valence-electron chi connectivity index (χ2n) is 15.5. The molecule has 1 unspecified atom stereocenters. The van der Waals surface area contributed by atoms with E-state index in [4.69, 9.17) is 0 Å². The first kappa shape index (κ1) is 36.2. The number of piperidine rings is 2. The number of hydrogen-bond donors (Lipinski definition) is 0. The van der Waals surface area contributed by atoms with Crippen LogP contribution >= 0.6 is 0 Å². The first-order chi connectivity index (χ1) is 23.1. The Morgan fingerprint density at radius 3 is 1.68 bits per heavy atom. The summed E-state index contributed by atoms with van der Waals surface area (Å²) in [5.41, 5.74) is 6.09. The molecule has 0 bridgehead atoms. The van der Waals surface area contributed by atoms with E-state index in [1.807, 2.05) is 0 Å². The number of rotatable bonds is 14. The van der Waals surface area contributed by atoms with E-state index in [9.17, 15) is 0 Å². The Bertz CT molecular complexity index is 1130.